The van der Waals surface area contributed by atoms with Crippen molar-refractivity contribution in [3.05, 3.63) is 24.3 Å². The maximum atomic E-state index is 11.6. The van der Waals surface area contributed by atoms with E-state index in [1.54, 1.807) is 12.1 Å². The first-order valence-electron chi connectivity index (χ1n) is 6.28. The predicted octanol–water partition coefficient (Wildman–Crippen LogP) is -1.62. The van der Waals surface area contributed by atoms with Crippen LogP contribution >= 0.6 is 0 Å². The molecule has 1 aromatic carbocycles. The minimum absolute atomic E-state index is 0.199. The second kappa shape index (κ2) is 8.25. The molecule has 1 rings (SSSR count). The van der Waals surface area contributed by atoms with Crippen LogP contribution in [0.2, 0.25) is 0 Å². The minimum atomic E-state index is -1.60. The summed E-state index contributed by atoms with van der Waals surface area (Å²) >= 11 is 0. The van der Waals surface area contributed by atoms with Crippen LogP contribution in [0.1, 0.15) is 6.42 Å². The summed E-state index contributed by atoms with van der Waals surface area (Å²) in [7, 11) is -0.363. The molecule has 0 aliphatic heterocycles. The molecule has 0 saturated carbocycles. The van der Waals surface area contributed by atoms with Crippen LogP contribution in [0.15, 0.2) is 24.3 Å². The topological polar surface area (TPSA) is 134 Å². The van der Waals surface area contributed by atoms with Crippen molar-refractivity contribution in [2.75, 3.05) is 19.0 Å². The molecule has 8 nitrogen and oxygen atoms in total. The van der Waals surface area contributed by atoms with Crippen molar-refractivity contribution in [1.29, 1.82) is 0 Å². The molecule has 21 heavy (non-hydrogen) atoms. The fourth-order valence-corrected chi connectivity index (χ4v) is 1.56. The maximum absolute atomic E-state index is 11.6. The van der Waals surface area contributed by atoms with E-state index in [9.17, 15) is 9.59 Å². The lowest BCUT2D eigenvalue weighted by Gasteiger charge is -2.11. The van der Waals surface area contributed by atoms with Gasteiger partial charge in [0.1, 0.15) is 6.04 Å². The second-order valence-corrected chi connectivity index (χ2v) is 4.30. The van der Waals surface area contributed by atoms with Crippen molar-refractivity contribution in [1.82, 2.24) is 5.32 Å². The number of esters is 1. The van der Waals surface area contributed by atoms with Crippen LogP contribution in [0, 0.1) is 0 Å². The first kappa shape index (κ1) is 17.0. The van der Waals surface area contributed by atoms with Crippen molar-refractivity contribution < 1.29 is 24.4 Å². The molecule has 0 heterocycles. The third kappa shape index (κ3) is 5.82. The van der Waals surface area contributed by atoms with Gasteiger partial charge in [-0.05, 0) is 24.0 Å². The summed E-state index contributed by atoms with van der Waals surface area (Å²) in [6.07, 6.45) is 0.246. The highest BCUT2D eigenvalue weighted by Gasteiger charge is 2.14. The molecule has 0 unspecified atom stereocenters. The molecule has 0 fully saturated rings. The Morgan fingerprint density at radius 2 is 2.14 bits per heavy atom. The van der Waals surface area contributed by atoms with Crippen LogP contribution in [0.5, 0.6) is 0 Å². The lowest BCUT2D eigenvalue weighted by Crippen LogP contribution is -2.37. The number of ether oxygens (including phenoxy) is 1. The van der Waals surface area contributed by atoms with Gasteiger partial charge in [-0.3, -0.25) is 4.79 Å². The van der Waals surface area contributed by atoms with Crippen LogP contribution in [-0.2, 0) is 9.53 Å². The molecule has 2 amide bonds. The van der Waals surface area contributed by atoms with Crippen LogP contribution < -0.4 is 21.8 Å². The normalized spacial score (nSPS) is 11.4. The minimum Gasteiger partial charge on any atom is -0.468 e. The molecule has 0 bridgehead atoms. The molecule has 0 saturated heterocycles. The fourth-order valence-electron chi connectivity index (χ4n) is 1.56. The van der Waals surface area contributed by atoms with E-state index >= 15 is 0 Å². The summed E-state index contributed by atoms with van der Waals surface area (Å²) in [5.41, 5.74) is 6.19. The maximum Gasteiger partial charge on any atom is 0.488 e. The Labute approximate surface area is 122 Å². The number of hydrogen-bond acceptors (Lipinski definition) is 6. The molecule has 114 valence electrons. The molecule has 1 atom stereocenters. The van der Waals surface area contributed by atoms with Gasteiger partial charge in [0.15, 0.2) is 0 Å². The number of rotatable bonds is 6. The molecule has 1 aromatic rings. The molecule has 6 N–H and O–H groups in total. The molecular weight excluding hydrogens is 277 g/mol. The Balaban J connectivity index is 2.40. The number of methoxy groups -OCH3 is 1. The number of nitrogens with one attached hydrogen (secondary N) is 2. The van der Waals surface area contributed by atoms with Crippen molar-refractivity contribution in [3.63, 3.8) is 0 Å². The monoisotopic (exact) mass is 295 g/mol. The summed E-state index contributed by atoms with van der Waals surface area (Å²) < 4.78 is 4.46. The number of anilines is 1. The number of carbonyl (C=O) groups excluding carboxylic acids is 2. The average Bonchev–Trinajstić information content (AvgIpc) is 2.46. The van der Waals surface area contributed by atoms with Crippen LogP contribution in [-0.4, -0.2) is 48.9 Å². The SMILES string of the molecule is COC(=O)[C@@H](N)CCNC(=O)Nc1cccc(B(O)O)c1. The Hall–Kier alpha value is -2.10. The Kier molecular flexibility index (Phi) is 6.66. The average molecular weight is 295 g/mol. The van der Waals surface area contributed by atoms with Gasteiger partial charge in [-0.2, -0.15) is 0 Å². The zero-order chi connectivity index (χ0) is 15.8. The molecule has 9 heteroatoms. The number of hydrogen-bond donors (Lipinski definition) is 5. The highest BCUT2D eigenvalue weighted by Crippen LogP contribution is 2.03. The second-order valence-electron chi connectivity index (χ2n) is 4.30. The third-order valence-electron chi connectivity index (χ3n) is 2.69. The van der Waals surface area contributed by atoms with Gasteiger partial charge in [-0.25, -0.2) is 4.79 Å². The fraction of sp³-hybridized carbons (Fsp3) is 0.333. The van der Waals surface area contributed by atoms with E-state index in [1.807, 2.05) is 0 Å². The Morgan fingerprint density at radius 3 is 2.76 bits per heavy atom. The van der Waals surface area contributed by atoms with E-state index in [4.69, 9.17) is 15.8 Å². The highest BCUT2D eigenvalue weighted by atomic mass is 16.5. The van der Waals surface area contributed by atoms with Gasteiger partial charge in [0.05, 0.1) is 7.11 Å². The van der Waals surface area contributed by atoms with E-state index in [2.05, 4.69) is 15.4 Å². The standard InChI is InChI=1S/C12H18BN3O5/c1-21-11(17)10(14)5-6-15-12(18)16-9-4-2-3-8(7-9)13(19)20/h2-4,7,10,19-20H,5-6,14H2,1H3,(H2,15,16,18)/t10-/m0/s1. The summed E-state index contributed by atoms with van der Waals surface area (Å²) in [4.78, 5) is 22.7. The first-order valence-corrected chi connectivity index (χ1v) is 6.28. The van der Waals surface area contributed by atoms with Crippen LogP contribution in [0.4, 0.5) is 10.5 Å². The molecule has 0 spiro atoms. The summed E-state index contributed by atoms with van der Waals surface area (Å²) in [6, 6.07) is 4.86. The summed E-state index contributed by atoms with van der Waals surface area (Å²) in [5, 5.41) is 23.1. The Morgan fingerprint density at radius 1 is 1.43 bits per heavy atom. The lowest BCUT2D eigenvalue weighted by molar-refractivity contribution is -0.142. The van der Waals surface area contributed by atoms with E-state index in [0.717, 1.165) is 0 Å². The lowest BCUT2D eigenvalue weighted by atomic mass is 9.80. The number of carbonyl (C=O) groups is 2. The van der Waals surface area contributed by atoms with E-state index < -0.39 is 25.2 Å². The summed E-state index contributed by atoms with van der Waals surface area (Å²) in [5.74, 6) is -0.540. The first-order chi connectivity index (χ1) is 9.93. The molecule has 0 aromatic heterocycles. The van der Waals surface area contributed by atoms with Crippen molar-refractivity contribution in [2.24, 2.45) is 5.73 Å². The van der Waals surface area contributed by atoms with Gasteiger partial charge in [-0.1, -0.05) is 12.1 Å². The van der Waals surface area contributed by atoms with Crippen LogP contribution in [0.25, 0.3) is 0 Å². The number of benzene rings is 1. The largest absolute Gasteiger partial charge is 0.488 e. The summed E-state index contributed by atoms with van der Waals surface area (Å²) in [6.45, 7) is 0.199. The van der Waals surface area contributed by atoms with Crippen molar-refractivity contribution >= 4 is 30.3 Å². The quantitative estimate of drug-likeness (QED) is 0.316. The van der Waals surface area contributed by atoms with E-state index in [1.165, 1.54) is 19.2 Å². The van der Waals surface area contributed by atoms with Gasteiger partial charge >= 0.3 is 19.1 Å². The van der Waals surface area contributed by atoms with Crippen molar-refractivity contribution in [3.8, 4) is 0 Å². The van der Waals surface area contributed by atoms with Gasteiger partial charge in [0, 0.05) is 12.2 Å². The zero-order valence-electron chi connectivity index (χ0n) is 11.6. The molecular formula is C12H18BN3O5. The smallest absolute Gasteiger partial charge is 0.468 e. The van der Waals surface area contributed by atoms with Crippen LogP contribution in [0.3, 0.4) is 0 Å². The molecule has 0 aliphatic rings. The molecule has 0 radical (unpaired) electrons. The van der Waals surface area contributed by atoms with Gasteiger partial charge in [0.2, 0.25) is 0 Å². The third-order valence-corrected chi connectivity index (χ3v) is 2.69. The number of urea groups is 1. The number of amides is 2. The number of nitrogens with two attached hydrogens (primary N) is 1. The van der Waals surface area contributed by atoms with E-state index in [-0.39, 0.29) is 18.4 Å². The van der Waals surface area contributed by atoms with Crippen molar-refractivity contribution in [2.45, 2.75) is 12.5 Å². The zero-order valence-corrected chi connectivity index (χ0v) is 11.6. The molecule has 0 aliphatic carbocycles. The van der Waals surface area contributed by atoms with Gasteiger partial charge in [0.25, 0.3) is 0 Å². The predicted molar refractivity (Wildman–Crippen MR) is 77.9 cm³/mol. The Bertz CT molecular complexity index is 498. The van der Waals surface area contributed by atoms with Gasteiger partial charge in [-0.15, -0.1) is 0 Å². The van der Waals surface area contributed by atoms with Gasteiger partial charge < -0.3 is 31.2 Å². The highest BCUT2D eigenvalue weighted by molar-refractivity contribution is 6.58. The van der Waals surface area contributed by atoms with E-state index in [0.29, 0.717) is 5.69 Å².